The quantitative estimate of drug-likeness (QED) is 0.738. The molecule has 100 valence electrons. The number of aromatic nitrogens is 1. The molecule has 1 aliphatic rings. The van der Waals surface area contributed by atoms with Crippen LogP contribution in [0.2, 0.25) is 0 Å². The third-order valence-electron chi connectivity index (χ3n) is 4.11. The van der Waals surface area contributed by atoms with E-state index in [0.29, 0.717) is 0 Å². The summed E-state index contributed by atoms with van der Waals surface area (Å²) in [7, 11) is -0.416. The minimum absolute atomic E-state index is 0.353. The SMILES string of the molecule is Cc1cc(B2OC(C)(C)C(C)(C)O2)c2ocnc2c1. The normalized spacial score (nSPS) is 21.2. The summed E-state index contributed by atoms with van der Waals surface area (Å²) < 4.78 is 17.6. The van der Waals surface area contributed by atoms with Gasteiger partial charge in [0.15, 0.2) is 12.0 Å². The van der Waals surface area contributed by atoms with Crippen LogP contribution >= 0.6 is 0 Å². The third-order valence-corrected chi connectivity index (χ3v) is 4.11. The molecular formula is C14H18BNO3. The highest BCUT2D eigenvalue weighted by Gasteiger charge is 2.52. The summed E-state index contributed by atoms with van der Waals surface area (Å²) >= 11 is 0. The molecule has 0 spiro atoms. The van der Waals surface area contributed by atoms with Crippen LogP contribution in [0.5, 0.6) is 0 Å². The number of nitrogens with zero attached hydrogens (tertiary/aromatic N) is 1. The molecule has 5 heteroatoms. The van der Waals surface area contributed by atoms with Crippen molar-refractivity contribution in [2.24, 2.45) is 0 Å². The smallest absolute Gasteiger partial charge is 0.444 e. The highest BCUT2D eigenvalue weighted by Crippen LogP contribution is 2.37. The molecule has 0 bridgehead atoms. The van der Waals surface area contributed by atoms with E-state index in [9.17, 15) is 0 Å². The number of oxazole rings is 1. The van der Waals surface area contributed by atoms with Gasteiger partial charge in [0.2, 0.25) is 0 Å². The van der Waals surface area contributed by atoms with Gasteiger partial charge >= 0.3 is 7.12 Å². The summed E-state index contributed by atoms with van der Waals surface area (Å²) in [5, 5.41) is 0. The summed E-state index contributed by atoms with van der Waals surface area (Å²) in [6.07, 6.45) is 1.46. The van der Waals surface area contributed by atoms with Gasteiger partial charge in [-0.25, -0.2) is 4.98 Å². The molecule has 1 aromatic heterocycles. The first kappa shape index (κ1) is 12.7. The van der Waals surface area contributed by atoms with Gasteiger partial charge in [0, 0.05) is 5.46 Å². The predicted molar refractivity (Wildman–Crippen MR) is 74.5 cm³/mol. The van der Waals surface area contributed by atoms with E-state index in [4.69, 9.17) is 13.7 Å². The second-order valence-corrected chi connectivity index (χ2v) is 6.14. The van der Waals surface area contributed by atoms with E-state index in [1.807, 2.05) is 46.8 Å². The van der Waals surface area contributed by atoms with Gasteiger partial charge < -0.3 is 13.7 Å². The summed E-state index contributed by atoms with van der Waals surface area (Å²) in [5.41, 5.74) is 2.90. The minimum atomic E-state index is -0.416. The first-order chi connectivity index (χ1) is 8.80. The lowest BCUT2D eigenvalue weighted by Crippen LogP contribution is -2.41. The van der Waals surface area contributed by atoms with Crippen molar-refractivity contribution >= 4 is 23.7 Å². The Balaban J connectivity index is 2.09. The van der Waals surface area contributed by atoms with E-state index in [2.05, 4.69) is 4.98 Å². The van der Waals surface area contributed by atoms with Gasteiger partial charge in [-0.15, -0.1) is 0 Å². The number of rotatable bonds is 1. The largest absolute Gasteiger partial charge is 0.498 e. The molecule has 2 aromatic rings. The Kier molecular flexibility index (Phi) is 2.56. The van der Waals surface area contributed by atoms with Gasteiger partial charge in [0.25, 0.3) is 0 Å². The van der Waals surface area contributed by atoms with Gasteiger partial charge in [-0.3, -0.25) is 0 Å². The first-order valence-corrected chi connectivity index (χ1v) is 6.49. The van der Waals surface area contributed by atoms with Crippen molar-refractivity contribution < 1.29 is 13.7 Å². The van der Waals surface area contributed by atoms with Crippen molar-refractivity contribution in [3.63, 3.8) is 0 Å². The van der Waals surface area contributed by atoms with Crippen LogP contribution < -0.4 is 5.46 Å². The van der Waals surface area contributed by atoms with Crippen molar-refractivity contribution in [3.05, 3.63) is 24.1 Å². The summed E-state index contributed by atoms with van der Waals surface area (Å²) in [6.45, 7) is 10.2. The number of hydrogen-bond acceptors (Lipinski definition) is 4. The zero-order valence-electron chi connectivity index (χ0n) is 12.0. The Bertz CT molecular complexity index is 617. The lowest BCUT2D eigenvalue weighted by molar-refractivity contribution is 0.00578. The van der Waals surface area contributed by atoms with Gasteiger partial charge in [0.05, 0.1) is 11.2 Å². The molecule has 1 fully saturated rings. The maximum Gasteiger partial charge on any atom is 0.498 e. The highest BCUT2D eigenvalue weighted by molar-refractivity contribution is 6.64. The molecule has 1 aliphatic heterocycles. The number of fused-ring (bicyclic) bond motifs is 1. The van der Waals surface area contributed by atoms with E-state index < -0.39 is 7.12 Å². The zero-order chi connectivity index (χ0) is 13.8. The summed E-state index contributed by atoms with van der Waals surface area (Å²) in [4.78, 5) is 4.21. The van der Waals surface area contributed by atoms with Gasteiger partial charge in [0.1, 0.15) is 5.52 Å². The van der Waals surface area contributed by atoms with Crippen LogP contribution in [0.1, 0.15) is 33.3 Å². The molecule has 0 unspecified atom stereocenters. The molecule has 0 amide bonds. The van der Waals surface area contributed by atoms with E-state index in [-0.39, 0.29) is 11.2 Å². The average Bonchev–Trinajstić information content (AvgIpc) is 2.80. The topological polar surface area (TPSA) is 44.5 Å². The monoisotopic (exact) mass is 259 g/mol. The maximum atomic E-state index is 6.07. The maximum absolute atomic E-state index is 6.07. The van der Waals surface area contributed by atoms with E-state index >= 15 is 0 Å². The highest BCUT2D eigenvalue weighted by atomic mass is 16.7. The number of aryl methyl sites for hydroxylation is 1. The molecule has 0 radical (unpaired) electrons. The second-order valence-electron chi connectivity index (χ2n) is 6.14. The molecular weight excluding hydrogens is 241 g/mol. The first-order valence-electron chi connectivity index (χ1n) is 6.49. The fourth-order valence-corrected chi connectivity index (χ4v) is 2.29. The van der Waals surface area contributed by atoms with Gasteiger partial charge in [-0.2, -0.15) is 0 Å². The molecule has 0 N–H and O–H groups in total. The molecule has 0 saturated carbocycles. The lowest BCUT2D eigenvalue weighted by atomic mass is 9.78. The molecule has 1 aromatic carbocycles. The average molecular weight is 259 g/mol. The molecule has 0 atom stereocenters. The van der Waals surface area contributed by atoms with Crippen LogP contribution in [0.25, 0.3) is 11.1 Å². The zero-order valence-corrected chi connectivity index (χ0v) is 12.0. The molecule has 1 saturated heterocycles. The van der Waals surface area contributed by atoms with Crippen molar-refractivity contribution in [2.75, 3.05) is 0 Å². The predicted octanol–water partition coefficient (Wildman–Crippen LogP) is 2.44. The van der Waals surface area contributed by atoms with Crippen LogP contribution in [0.4, 0.5) is 0 Å². The van der Waals surface area contributed by atoms with E-state index in [1.165, 1.54) is 6.39 Å². The van der Waals surface area contributed by atoms with Crippen molar-refractivity contribution in [1.29, 1.82) is 0 Å². The molecule has 0 aliphatic carbocycles. The van der Waals surface area contributed by atoms with Crippen LogP contribution in [0, 0.1) is 6.92 Å². The molecule has 19 heavy (non-hydrogen) atoms. The lowest BCUT2D eigenvalue weighted by Gasteiger charge is -2.32. The Morgan fingerprint density at radius 1 is 1.05 bits per heavy atom. The van der Waals surface area contributed by atoms with Gasteiger partial charge in [-0.05, 0) is 46.2 Å². The van der Waals surface area contributed by atoms with E-state index in [1.54, 1.807) is 0 Å². The van der Waals surface area contributed by atoms with E-state index in [0.717, 1.165) is 22.1 Å². The van der Waals surface area contributed by atoms with Crippen LogP contribution in [0.3, 0.4) is 0 Å². The fourth-order valence-electron chi connectivity index (χ4n) is 2.29. The van der Waals surface area contributed by atoms with Crippen molar-refractivity contribution in [2.45, 2.75) is 45.8 Å². The molecule has 4 nitrogen and oxygen atoms in total. The van der Waals surface area contributed by atoms with Crippen molar-refractivity contribution in [3.8, 4) is 0 Å². The van der Waals surface area contributed by atoms with Crippen LogP contribution in [0.15, 0.2) is 22.9 Å². The number of benzene rings is 1. The van der Waals surface area contributed by atoms with Crippen molar-refractivity contribution in [1.82, 2.24) is 4.98 Å². The minimum Gasteiger partial charge on any atom is -0.444 e. The molecule has 3 rings (SSSR count). The Hall–Kier alpha value is -1.33. The second kappa shape index (κ2) is 3.84. The van der Waals surface area contributed by atoms with Gasteiger partial charge in [-0.1, -0.05) is 6.07 Å². The summed E-state index contributed by atoms with van der Waals surface area (Å²) in [5.74, 6) is 0. The summed E-state index contributed by atoms with van der Waals surface area (Å²) in [6, 6.07) is 4.03. The third kappa shape index (κ3) is 1.88. The fraction of sp³-hybridized carbons (Fsp3) is 0.500. The Morgan fingerprint density at radius 3 is 2.32 bits per heavy atom. The standard InChI is InChI=1S/C14H18BNO3/c1-9-6-10(12-11(7-9)16-8-17-12)15-18-13(2,3)14(4,5)19-15/h6-8H,1-5H3. The Labute approximate surface area is 113 Å². The van der Waals surface area contributed by atoms with Crippen LogP contribution in [-0.4, -0.2) is 23.3 Å². The molecule has 2 heterocycles. The number of hydrogen-bond donors (Lipinski definition) is 0. The Morgan fingerprint density at radius 2 is 1.68 bits per heavy atom. The van der Waals surface area contributed by atoms with Crippen LogP contribution in [-0.2, 0) is 9.31 Å².